The molecular formula is C25H25F2IN6O. The molecule has 1 unspecified atom stereocenters. The molecule has 0 radical (unpaired) electrons. The lowest BCUT2D eigenvalue weighted by atomic mass is 10.0. The molecule has 182 valence electrons. The number of aromatic nitrogens is 2. The molecule has 2 aromatic heterocycles. The third kappa shape index (κ3) is 5.16. The molecule has 4 heterocycles. The molecule has 0 aliphatic carbocycles. The quantitative estimate of drug-likeness (QED) is 0.345. The Morgan fingerprint density at radius 2 is 1.77 bits per heavy atom. The fourth-order valence-electron chi connectivity index (χ4n) is 4.53. The molecule has 5 rings (SSSR count). The fourth-order valence-corrected chi connectivity index (χ4v) is 5.18. The minimum absolute atomic E-state index is 0.147. The SMILES string of the molecule is O=C(Nc1c(-c2ccccc2F)ccnc1N1CCC(F)(I)C1)N1CCN(c2cccnc2)CC1. The van der Waals surface area contributed by atoms with E-state index >= 15 is 0 Å². The summed E-state index contributed by atoms with van der Waals surface area (Å²) < 4.78 is 28.0. The Hall–Kier alpha value is -3.02. The van der Waals surface area contributed by atoms with Crippen molar-refractivity contribution in [1.29, 1.82) is 0 Å². The molecular weight excluding hydrogens is 565 g/mol. The van der Waals surface area contributed by atoms with Gasteiger partial charge in [0.05, 0.1) is 24.1 Å². The van der Waals surface area contributed by atoms with E-state index < -0.39 is 9.49 Å². The molecule has 1 atom stereocenters. The van der Waals surface area contributed by atoms with E-state index in [-0.39, 0.29) is 12.6 Å². The van der Waals surface area contributed by atoms with Crippen molar-refractivity contribution in [2.45, 2.75) is 10.1 Å². The number of nitrogens with one attached hydrogen (secondary N) is 1. The van der Waals surface area contributed by atoms with Gasteiger partial charge in [-0.3, -0.25) is 4.98 Å². The van der Waals surface area contributed by atoms with Crippen molar-refractivity contribution in [2.75, 3.05) is 54.4 Å². The molecule has 2 fully saturated rings. The second-order valence-corrected chi connectivity index (χ2v) is 10.6. The Morgan fingerprint density at radius 1 is 0.971 bits per heavy atom. The summed E-state index contributed by atoms with van der Waals surface area (Å²) in [6, 6.07) is 11.7. The van der Waals surface area contributed by atoms with Gasteiger partial charge in [-0.1, -0.05) is 18.2 Å². The van der Waals surface area contributed by atoms with Crippen LogP contribution in [0.15, 0.2) is 61.1 Å². The number of pyridine rings is 2. The van der Waals surface area contributed by atoms with Gasteiger partial charge in [-0.2, -0.15) is 0 Å². The average molecular weight is 590 g/mol. The molecule has 0 spiro atoms. The van der Waals surface area contributed by atoms with E-state index in [9.17, 15) is 13.6 Å². The molecule has 10 heteroatoms. The number of benzene rings is 1. The van der Waals surface area contributed by atoms with Crippen molar-refractivity contribution < 1.29 is 13.6 Å². The molecule has 1 N–H and O–H groups in total. The number of anilines is 3. The van der Waals surface area contributed by atoms with Crippen LogP contribution in [0, 0.1) is 5.82 Å². The third-order valence-electron chi connectivity index (χ3n) is 6.37. The molecule has 3 aromatic rings. The Bertz CT molecular complexity index is 1200. The van der Waals surface area contributed by atoms with Crippen LogP contribution in [0.25, 0.3) is 11.1 Å². The van der Waals surface area contributed by atoms with Crippen LogP contribution < -0.4 is 15.1 Å². The van der Waals surface area contributed by atoms with Crippen molar-refractivity contribution in [3.63, 3.8) is 0 Å². The number of alkyl halides is 2. The molecule has 2 aliphatic rings. The lowest BCUT2D eigenvalue weighted by Gasteiger charge is -2.36. The monoisotopic (exact) mass is 590 g/mol. The van der Waals surface area contributed by atoms with Crippen molar-refractivity contribution >= 4 is 45.8 Å². The predicted molar refractivity (Wildman–Crippen MR) is 141 cm³/mol. The van der Waals surface area contributed by atoms with Crippen LogP contribution in [-0.4, -0.2) is 63.8 Å². The van der Waals surface area contributed by atoms with E-state index in [1.807, 2.05) is 45.8 Å². The number of halogens is 3. The van der Waals surface area contributed by atoms with Gasteiger partial charge in [-0.05, 0) is 46.9 Å². The normalized spacial score (nSPS) is 20.3. The molecule has 7 nitrogen and oxygen atoms in total. The topological polar surface area (TPSA) is 64.6 Å². The van der Waals surface area contributed by atoms with Gasteiger partial charge in [0.25, 0.3) is 0 Å². The first-order valence-corrected chi connectivity index (χ1v) is 12.6. The summed E-state index contributed by atoms with van der Waals surface area (Å²) in [5.74, 6) is 0.0460. The van der Waals surface area contributed by atoms with Crippen LogP contribution in [0.2, 0.25) is 0 Å². The number of carbonyl (C=O) groups excluding carboxylic acids is 1. The Morgan fingerprint density at radius 3 is 2.46 bits per heavy atom. The number of hydrogen-bond donors (Lipinski definition) is 1. The minimum atomic E-state index is -1.38. The number of hydrogen-bond acceptors (Lipinski definition) is 5. The minimum Gasteiger partial charge on any atom is -0.367 e. The average Bonchev–Trinajstić information content (AvgIpc) is 3.24. The van der Waals surface area contributed by atoms with E-state index in [0.717, 1.165) is 5.69 Å². The first-order chi connectivity index (χ1) is 16.9. The van der Waals surface area contributed by atoms with Gasteiger partial charge in [-0.25, -0.2) is 18.6 Å². The van der Waals surface area contributed by atoms with Crippen molar-refractivity contribution in [3.8, 4) is 11.1 Å². The zero-order valence-electron chi connectivity index (χ0n) is 19.0. The summed E-state index contributed by atoms with van der Waals surface area (Å²) in [5, 5.41) is 2.99. The van der Waals surface area contributed by atoms with Crippen molar-refractivity contribution in [3.05, 3.63) is 66.9 Å². The second kappa shape index (κ2) is 9.92. The third-order valence-corrected chi connectivity index (χ3v) is 7.25. The van der Waals surface area contributed by atoms with Crippen LogP contribution in [0.4, 0.5) is 30.8 Å². The Labute approximate surface area is 216 Å². The fraction of sp³-hybridized carbons (Fsp3) is 0.320. The molecule has 35 heavy (non-hydrogen) atoms. The largest absolute Gasteiger partial charge is 0.367 e. The maximum atomic E-state index is 14.8. The van der Waals surface area contributed by atoms with Crippen LogP contribution in [-0.2, 0) is 0 Å². The molecule has 2 aliphatic heterocycles. The molecule has 2 amide bonds. The summed E-state index contributed by atoms with van der Waals surface area (Å²) in [5.41, 5.74) is 2.28. The highest BCUT2D eigenvalue weighted by Gasteiger charge is 2.37. The molecule has 0 saturated carbocycles. The van der Waals surface area contributed by atoms with Crippen molar-refractivity contribution in [2.24, 2.45) is 0 Å². The zero-order valence-corrected chi connectivity index (χ0v) is 21.2. The summed E-state index contributed by atoms with van der Waals surface area (Å²) in [7, 11) is 0. The molecule has 2 saturated heterocycles. The first-order valence-electron chi connectivity index (χ1n) is 11.5. The van der Waals surface area contributed by atoms with Crippen LogP contribution >= 0.6 is 22.6 Å². The number of nitrogens with zero attached hydrogens (tertiary/aromatic N) is 5. The van der Waals surface area contributed by atoms with E-state index in [1.165, 1.54) is 6.07 Å². The van der Waals surface area contributed by atoms with Crippen LogP contribution in [0.5, 0.6) is 0 Å². The van der Waals surface area contributed by atoms with E-state index in [4.69, 9.17) is 0 Å². The Balaban J connectivity index is 1.41. The maximum absolute atomic E-state index is 14.8. The van der Waals surface area contributed by atoms with Gasteiger partial charge in [0.2, 0.25) is 0 Å². The predicted octanol–water partition coefficient (Wildman–Crippen LogP) is 4.95. The highest BCUT2D eigenvalue weighted by atomic mass is 127. The maximum Gasteiger partial charge on any atom is 0.322 e. The number of urea groups is 1. The first kappa shape index (κ1) is 23.7. The summed E-state index contributed by atoms with van der Waals surface area (Å²) in [6.45, 7) is 3.00. The summed E-state index contributed by atoms with van der Waals surface area (Å²) >= 11 is 1.81. The molecule has 0 bridgehead atoms. The number of rotatable bonds is 4. The van der Waals surface area contributed by atoms with Gasteiger partial charge < -0.3 is 20.0 Å². The van der Waals surface area contributed by atoms with Crippen molar-refractivity contribution in [1.82, 2.24) is 14.9 Å². The van der Waals surface area contributed by atoms with Gasteiger partial charge in [0, 0.05) is 62.7 Å². The van der Waals surface area contributed by atoms with Crippen LogP contribution in [0.1, 0.15) is 6.42 Å². The molecule has 1 aromatic carbocycles. The smallest absolute Gasteiger partial charge is 0.322 e. The van der Waals surface area contributed by atoms with E-state index in [0.29, 0.717) is 61.8 Å². The van der Waals surface area contributed by atoms with Gasteiger partial charge in [0.15, 0.2) is 9.49 Å². The van der Waals surface area contributed by atoms with Gasteiger partial charge >= 0.3 is 6.03 Å². The van der Waals surface area contributed by atoms with E-state index in [1.54, 1.807) is 41.6 Å². The number of amides is 2. The Kier molecular flexibility index (Phi) is 6.72. The van der Waals surface area contributed by atoms with E-state index in [2.05, 4.69) is 20.2 Å². The summed E-state index contributed by atoms with van der Waals surface area (Å²) in [6.07, 6.45) is 5.47. The summed E-state index contributed by atoms with van der Waals surface area (Å²) in [4.78, 5) is 27.7. The lowest BCUT2D eigenvalue weighted by Crippen LogP contribution is -2.50. The number of piperazine rings is 1. The lowest BCUT2D eigenvalue weighted by molar-refractivity contribution is 0.208. The zero-order chi connectivity index (χ0) is 24.4. The van der Waals surface area contributed by atoms with Crippen LogP contribution in [0.3, 0.4) is 0 Å². The number of carbonyl (C=O) groups is 1. The highest BCUT2D eigenvalue weighted by molar-refractivity contribution is 14.1. The highest BCUT2D eigenvalue weighted by Crippen LogP contribution is 2.41. The second-order valence-electron chi connectivity index (χ2n) is 8.68. The van der Waals surface area contributed by atoms with Gasteiger partial charge in [-0.15, -0.1) is 0 Å². The standard InChI is InChI=1S/C25H25F2IN6O/c26-21-6-2-1-5-19(21)20-7-10-30-23(34-11-8-25(27,28)17-34)22(20)31-24(35)33-14-12-32(13-15-33)18-4-3-9-29-16-18/h1-7,9-10,16H,8,11-15,17H2,(H,31,35). The van der Waals surface area contributed by atoms with Gasteiger partial charge in [0.1, 0.15) is 5.82 Å².